The van der Waals surface area contributed by atoms with Crippen molar-refractivity contribution < 1.29 is 0 Å². The molecule has 1 heterocycles. The second kappa shape index (κ2) is 6.67. The molecule has 0 aliphatic heterocycles. The maximum atomic E-state index is 4.55. The van der Waals surface area contributed by atoms with Gasteiger partial charge in [0.15, 0.2) is 0 Å². The highest BCUT2D eigenvalue weighted by atomic mass is 32.2. The Kier molecular flexibility index (Phi) is 4.45. The topological polar surface area (TPSA) is 16.1 Å². The average molecular weight is 306 g/mol. The standard InChI is InChI=1S/C19H18N2S/c1-21(15-8-4-3-5-9-15)16-12-13-20-18(14-16)17-10-6-7-11-19(17)22-2/h3-14H,1-2H3. The molecule has 0 spiro atoms. The third-order valence-corrected chi connectivity index (χ3v) is 4.45. The lowest BCUT2D eigenvalue weighted by molar-refractivity contribution is 1.18. The van der Waals surface area contributed by atoms with Crippen molar-refractivity contribution in [3.8, 4) is 11.3 Å². The number of para-hydroxylation sites is 1. The van der Waals surface area contributed by atoms with Crippen molar-refractivity contribution in [2.75, 3.05) is 18.2 Å². The normalized spacial score (nSPS) is 10.5. The van der Waals surface area contributed by atoms with Gasteiger partial charge in [0.2, 0.25) is 0 Å². The van der Waals surface area contributed by atoms with E-state index in [1.54, 1.807) is 11.8 Å². The van der Waals surface area contributed by atoms with Gasteiger partial charge in [-0.1, -0.05) is 36.4 Å². The first-order valence-electron chi connectivity index (χ1n) is 7.18. The first-order valence-corrected chi connectivity index (χ1v) is 8.40. The van der Waals surface area contributed by atoms with Crippen molar-refractivity contribution in [2.45, 2.75) is 4.90 Å². The van der Waals surface area contributed by atoms with Gasteiger partial charge in [-0.3, -0.25) is 4.98 Å². The summed E-state index contributed by atoms with van der Waals surface area (Å²) in [7, 11) is 2.08. The molecule has 0 atom stereocenters. The van der Waals surface area contributed by atoms with Gasteiger partial charge in [-0.15, -0.1) is 11.8 Å². The van der Waals surface area contributed by atoms with Gasteiger partial charge >= 0.3 is 0 Å². The van der Waals surface area contributed by atoms with E-state index in [1.165, 1.54) is 10.5 Å². The Morgan fingerprint density at radius 3 is 2.36 bits per heavy atom. The van der Waals surface area contributed by atoms with Gasteiger partial charge in [0.05, 0.1) is 5.69 Å². The highest BCUT2D eigenvalue weighted by Crippen LogP contribution is 2.31. The van der Waals surface area contributed by atoms with Crippen LogP contribution in [0.5, 0.6) is 0 Å². The summed E-state index contributed by atoms with van der Waals surface area (Å²) >= 11 is 1.75. The van der Waals surface area contributed by atoms with Crippen molar-refractivity contribution >= 4 is 23.1 Å². The van der Waals surface area contributed by atoms with Crippen molar-refractivity contribution in [3.63, 3.8) is 0 Å². The molecular weight excluding hydrogens is 288 g/mol. The predicted octanol–water partition coefficient (Wildman–Crippen LogP) is 5.24. The second-order valence-corrected chi connectivity index (χ2v) is 5.84. The zero-order valence-corrected chi connectivity index (χ0v) is 13.5. The first-order chi connectivity index (χ1) is 10.8. The van der Waals surface area contributed by atoms with Crippen LogP contribution in [-0.4, -0.2) is 18.3 Å². The van der Waals surface area contributed by atoms with Crippen LogP contribution < -0.4 is 4.90 Å². The van der Waals surface area contributed by atoms with Crippen LogP contribution in [0.2, 0.25) is 0 Å². The number of anilines is 2. The van der Waals surface area contributed by atoms with E-state index < -0.39 is 0 Å². The first kappa shape index (κ1) is 14.7. The lowest BCUT2D eigenvalue weighted by Gasteiger charge is -2.20. The molecule has 0 bridgehead atoms. The van der Waals surface area contributed by atoms with Crippen LogP contribution in [0.3, 0.4) is 0 Å². The summed E-state index contributed by atoms with van der Waals surface area (Å²) in [5, 5.41) is 0. The quantitative estimate of drug-likeness (QED) is 0.613. The number of benzene rings is 2. The average Bonchev–Trinajstić information content (AvgIpc) is 2.62. The zero-order valence-electron chi connectivity index (χ0n) is 12.7. The minimum absolute atomic E-state index is 1.00. The molecule has 22 heavy (non-hydrogen) atoms. The van der Waals surface area contributed by atoms with Gasteiger partial charge in [0.25, 0.3) is 0 Å². The lowest BCUT2D eigenvalue weighted by atomic mass is 10.1. The van der Waals surface area contributed by atoms with E-state index in [2.05, 4.69) is 77.8 Å². The number of pyridine rings is 1. The van der Waals surface area contributed by atoms with Crippen LogP contribution in [0.25, 0.3) is 11.3 Å². The van der Waals surface area contributed by atoms with Crippen LogP contribution in [0, 0.1) is 0 Å². The molecule has 110 valence electrons. The number of hydrogen-bond donors (Lipinski definition) is 0. The summed E-state index contributed by atoms with van der Waals surface area (Å²) in [6, 6.07) is 22.9. The van der Waals surface area contributed by atoms with Gasteiger partial charge in [-0.25, -0.2) is 0 Å². The lowest BCUT2D eigenvalue weighted by Crippen LogP contribution is -2.09. The molecule has 0 saturated heterocycles. The molecule has 0 saturated carbocycles. The highest BCUT2D eigenvalue weighted by molar-refractivity contribution is 7.98. The predicted molar refractivity (Wildman–Crippen MR) is 96.0 cm³/mol. The molecule has 0 unspecified atom stereocenters. The molecule has 3 heteroatoms. The Morgan fingerprint density at radius 2 is 1.59 bits per heavy atom. The number of aromatic nitrogens is 1. The van der Waals surface area contributed by atoms with Crippen LogP contribution in [-0.2, 0) is 0 Å². The highest BCUT2D eigenvalue weighted by Gasteiger charge is 2.08. The molecule has 3 rings (SSSR count). The molecular formula is C19H18N2S. The Bertz CT molecular complexity index is 756. The van der Waals surface area contributed by atoms with Gasteiger partial charge in [-0.05, 0) is 36.6 Å². The van der Waals surface area contributed by atoms with E-state index in [4.69, 9.17) is 0 Å². The Hall–Kier alpha value is -2.26. The van der Waals surface area contributed by atoms with E-state index >= 15 is 0 Å². The molecule has 0 aliphatic carbocycles. The molecule has 0 N–H and O–H groups in total. The molecule has 0 amide bonds. The Balaban J connectivity index is 2.00. The zero-order chi connectivity index (χ0) is 15.4. The Labute approximate surface area is 135 Å². The van der Waals surface area contributed by atoms with Crippen molar-refractivity contribution in [1.29, 1.82) is 0 Å². The fraction of sp³-hybridized carbons (Fsp3) is 0.105. The number of nitrogens with zero attached hydrogens (tertiary/aromatic N) is 2. The molecule has 3 aromatic rings. The fourth-order valence-electron chi connectivity index (χ4n) is 2.43. The van der Waals surface area contributed by atoms with Crippen molar-refractivity contribution in [1.82, 2.24) is 4.98 Å². The van der Waals surface area contributed by atoms with Crippen LogP contribution in [0.4, 0.5) is 11.4 Å². The van der Waals surface area contributed by atoms with E-state index in [-0.39, 0.29) is 0 Å². The van der Waals surface area contributed by atoms with Crippen molar-refractivity contribution in [2.24, 2.45) is 0 Å². The number of rotatable bonds is 4. The van der Waals surface area contributed by atoms with Gasteiger partial charge in [0, 0.05) is 35.1 Å². The minimum atomic E-state index is 1.00. The van der Waals surface area contributed by atoms with E-state index in [9.17, 15) is 0 Å². The van der Waals surface area contributed by atoms with E-state index in [0.29, 0.717) is 0 Å². The SMILES string of the molecule is CSc1ccccc1-c1cc(N(C)c2ccccc2)ccn1. The van der Waals surface area contributed by atoms with Gasteiger partial charge in [-0.2, -0.15) is 0 Å². The third kappa shape index (κ3) is 3.00. The fourth-order valence-corrected chi connectivity index (χ4v) is 3.04. The largest absolute Gasteiger partial charge is 0.345 e. The molecule has 1 aromatic heterocycles. The third-order valence-electron chi connectivity index (χ3n) is 3.66. The molecule has 0 aliphatic rings. The van der Waals surface area contributed by atoms with Crippen LogP contribution in [0.1, 0.15) is 0 Å². The van der Waals surface area contributed by atoms with Crippen molar-refractivity contribution in [3.05, 3.63) is 72.9 Å². The summed E-state index contributed by atoms with van der Waals surface area (Å²) in [5.41, 5.74) is 4.48. The summed E-state index contributed by atoms with van der Waals surface area (Å²) in [6.07, 6.45) is 3.97. The van der Waals surface area contributed by atoms with E-state index in [1.807, 2.05) is 18.3 Å². The summed E-state index contributed by atoms with van der Waals surface area (Å²) < 4.78 is 0. The van der Waals surface area contributed by atoms with Gasteiger partial charge in [0.1, 0.15) is 0 Å². The smallest absolute Gasteiger partial charge is 0.0733 e. The van der Waals surface area contributed by atoms with E-state index in [0.717, 1.165) is 17.1 Å². The van der Waals surface area contributed by atoms with Gasteiger partial charge < -0.3 is 4.90 Å². The Morgan fingerprint density at radius 1 is 0.864 bits per heavy atom. The maximum Gasteiger partial charge on any atom is 0.0733 e. The monoisotopic (exact) mass is 306 g/mol. The molecule has 2 aromatic carbocycles. The van der Waals surface area contributed by atoms with Crippen LogP contribution in [0.15, 0.2) is 77.8 Å². The maximum absolute atomic E-state index is 4.55. The summed E-state index contributed by atoms with van der Waals surface area (Å²) in [4.78, 5) is 7.97. The molecule has 2 nitrogen and oxygen atoms in total. The van der Waals surface area contributed by atoms with Crippen LogP contribution >= 0.6 is 11.8 Å². The summed E-state index contributed by atoms with van der Waals surface area (Å²) in [5.74, 6) is 0. The number of hydrogen-bond acceptors (Lipinski definition) is 3. The molecule has 0 fully saturated rings. The summed E-state index contributed by atoms with van der Waals surface area (Å²) in [6.45, 7) is 0. The number of thioether (sulfide) groups is 1. The second-order valence-electron chi connectivity index (χ2n) is 4.99. The minimum Gasteiger partial charge on any atom is -0.345 e. The molecule has 0 radical (unpaired) electrons.